The monoisotopic (exact) mass is 452 g/mol. The van der Waals surface area contributed by atoms with E-state index in [4.69, 9.17) is 9.47 Å². The lowest BCUT2D eigenvalue weighted by atomic mass is 9.99. The van der Waals surface area contributed by atoms with Crippen LogP contribution in [0.3, 0.4) is 0 Å². The van der Waals surface area contributed by atoms with Crippen LogP contribution in [0.1, 0.15) is 26.9 Å². The van der Waals surface area contributed by atoms with Gasteiger partial charge in [-0.3, -0.25) is 9.59 Å². The summed E-state index contributed by atoms with van der Waals surface area (Å²) in [6.07, 6.45) is -0.931. The zero-order chi connectivity index (χ0) is 22.5. The summed E-state index contributed by atoms with van der Waals surface area (Å²) in [6.45, 7) is 0.593. The van der Waals surface area contributed by atoms with Crippen molar-refractivity contribution >= 4 is 28.8 Å². The normalized spacial score (nSPS) is 17.1. The second kappa shape index (κ2) is 9.95. The van der Waals surface area contributed by atoms with Gasteiger partial charge in [0.1, 0.15) is 18.5 Å². The molecule has 3 aromatic rings. The van der Waals surface area contributed by atoms with Crippen LogP contribution in [0.4, 0.5) is 5.69 Å². The highest BCUT2D eigenvalue weighted by molar-refractivity contribution is 7.12. The maximum atomic E-state index is 12.6. The van der Waals surface area contributed by atoms with E-state index in [0.29, 0.717) is 22.7 Å². The highest BCUT2D eigenvalue weighted by Crippen LogP contribution is 2.27. The molecule has 0 aliphatic carbocycles. The van der Waals surface area contributed by atoms with Crippen molar-refractivity contribution < 1.29 is 24.2 Å². The van der Waals surface area contributed by atoms with Gasteiger partial charge in [0.25, 0.3) is 5.91 Å². The molecule has 2 unspecified atom stereocenters. The quantitative estimate of drug-likeness (QED) is 0.573. The maximum Gasteiger partial charge on any atom is 0.265 e. The van der Waals surface area contributed by atoms with Crippen molar-refractivity contribution in [1.82, 2.24) is 4.90 Å². The third kappa shape index (κ3) is 4.99. The van der Waals surface area contributed by atoms with E-state index in [1.165, 1.54) is 11.3 Å². The first-order valence-corrected chi connectivity index (χ1v) is 11.1. The SMILES string of the molecule is COc1ccc(CN2C(=O)COCC2C(O)c2ccc(NC(=O)c3cccs3)cc2)cc1. The number of ether oxygens (including phenoxy) is 2. The number of benzene rings is 2. The summed E-state index contributed by atoms with van der Waals surface area (Å²) in [5, 5.41) is 15.7. The zero-order valence-electron chi connectivity index (χ0n) is 17.6. The fourth-order valence-corrected chi connectivity index (χ4v) is 4.22. The Morgan fingerprint density at radius 3 is 2.62 bits per heavy atom. The van der Waals surface area contributed by atoms with Gasteiger partial charge in [-0.25, -0.2) is 0 Å². The van der Waals surface area contributed by atoms with Crippen LogP contribution in [0.2, 0.25) is 0 Å². The molecule has 1 aliphatic rings. The van der Waals surface area contributed by atoms with Gasteiger partial charge < -0.3 is 24.8 Å². The molecule has 0 saturated carbocycles. The molecule has 8 heteroatoms. The van der Waals surface area contributed by atoms with Crippen LogP contribution in [-0.4, -0.2) is 48.2 Å². The number of carbonyl (C=O) groups is 2. The summed E-state index contributed by atoms with van der Waals surface area (Å²) in [4.78, 5) is 27.1. The van der Waals surface area contributed by atoms with Gasteiger partial charge in [0.15, 0.2) is 0 Å². The molecule has 0 radical (unpaired) electrons. The molecule has 1 fully saturated rings. The molecule has 0 bridgehead atoms. The lowest BCUT2D eigenvalue weighted by molar-refractivity contribution is -0.155. The number of rotatable bonds is 7. The Kier molecular flexibility index (Phi) is 6.84. The van der Waals surface area contributed by atoms with E-state index in [2.05, 4.69) is 5.32 Å². The molecule has 4 rings (SSSR count). The van der Waals surface area contributed by atoms with Crippen LogP contribution < -0.4 is 10.1 Å². The molecule has 2 heterocycles. The summed E-state index contributed by atoms with van der Waals surface area (Å²) in [7, 11) is 1.60. The Morgan fingerprint density at radius 1 is 1.22 bits per heavy atom. The first kappa shape index (κ1) is 22.0. The molecule has 2 aromatic carbocycles. The van der Waals surface area contributed by atoms with Crippen molar-refractivity contribution in [1.29, 1.82) is 0 Å². The van der Waals surface area contributed by atoms with Gasteiger partial charge >= 0.3 is 0 Å². The molecule has 166 valence electrons. The number of nitrogens with one attached hydrogen (secondary N) is 1. The van der Waals surface area contributed by atoms with E-state index in [0.717, 1.165) is 11.3 Å². The Labute approximate surface area is 190 Å². The van der Waals surface area contributed by atoms with Crippen LogP contribution in [0.5, 0.6) is 5.75 Å². The van der Waals surface area contributed by atoms with Crippen molar-refractivity contribution in [2.75, 3.05) is 25.6 Å². The fourth-order valence-electron chi connectivity index (χ4n) is 3.61. The number of anilines is 1. The number of amides is 2. The number of morpholine rings is 1. The summed E-state index contributed by atoms with van der Waals surface area (Å²) >= 11 is 1.37. The number of hydrogen-bond acceptors (Lipinski definition) is 6. The van der Waals surface area contributed by atoms with Crippen LogP contribution >= 0.6 is 11.3 Å². The highest BCUT2D eigenvalue weighted by atomic mass is 32.1. The lowest BCUT2D eigenvalue weighted by Gasteiger charge is -2.38. The first-order chi connectivity index (χ1) is 15.5. The smallest absolute Gasteiger partial charge is 0.265 e. The van der Waals surface area contributed by atoms with Crippen LogP contribution in [0.25, 0.3) is 0 Å². The van der Waals surface area contributed by atoms with Crippen molar-refractivity contribution in [3.63, 3.8) is 0 Å². The summed E-state index contributed by atoms with van der Waals surface area (Å²) in [5.41, 5.74) is 2.21. The second-order valence-electron chi connectivity index (χ2n) is 7.45. The van der Waals surface area contributed by atoms with E-state index in [9.17, 15) is 14.7 Å². The van der Waals surface area contributed by atoms with Crippen molar-refractivity contribution in [3.05, 3.63) is 82.0 Å². The molecule has 7 nitrogen and oxygen atoms in total. The molecule has 0 spiro atoms. The largest absolute Gasteiger partial charge is 0.497 e. The summed E-state index contributed by atoms with van der Waals surface area (Å²) in [5.74, 6) is 0.395. The minimum absolute atomic E-state index is 0.00688. The summed E-state index contributed by atoms with van der Waals surface area (Å²) < 4.78 is 10.6. The predicted octanol–water partition coefficient (Wildman–Crippen LogP) is 3.47. The molecule has 2 N–H and O–H groups in total. The molecule has 32 heavy (non-hydrogen) atoms. The van der Waals surface area contributed by atoms with E-state index in [-0.39, 0.29) is 25.0 Å². The van der Waals surface area contributed by atoms with E-state index in [1.54, 1.807) is 42.3 Å². The molecule has 1 aliphatic heterocycles. The lowest BCUT2D eigenvalue weighted by Crippen LogP contribution is -2.51. The molecule has 1 saturated heterocycles. The molecular formula is C24H24N2O5S. The summed E-state index contributed by atoms with van der Waals surface area (Å²) in [6, 6.07) is 17.5. The average molecular weight is 453 g/mol. The maximum absolute atomic E-state index is 12.6. The number of methoxy groups -OCH3 is 1. The van der Waals surface area contributed by atoms with E-state index in [1.807, 2.05) is 35.7 Å². The Hall–Kier alpha value is -3.20. The van der Waals surface area contributed by atoms with Gasteiger partial charge in [-0.05, 0) is 46.8 Å². The minimum Gasteiger partial charge on any atom is -0.497 e. The van der Waals surface area contributed by atoms with Crippen LogP contribution in [-0.2, 0) is 16.1 Å². The third-order valence-electron chi connectivity index (χ3n) is 5.37. The second-order valence-corrected chi connectivity index (χ2v) is 8.40. The highest BCUT2D eigenvalue weighted by Gasteiger charge is 2.34. The zero-order valence-corrected chi connectivity index (χ0v) is 18.4. The van der Waals surface area contributed by atoms with Crippen LogP contribution in [0.15, 0.2) is 66.0 Å². The van der Waals surface area contributed by atoms with Crippen molar-refractivity contribution in [2.45, 2.75) is 18.7 Å². The van der Waals surface area contributed by atoms with Crippen molar-refractivity contribution in [2.24, 2.45) is 0 Å². The number of hydrogen-bond donors (Lipinski definition) is 2. The van der Waals surface area contributed by atoms with Crippen LogP contribution in [0, 0.1) is 0 Å². The Balaban J connectivity index is 1.46. The first-order valence-electron chi connectivity index (χ1n) is 10.2. The third-order valence-corrected chi connectivity index (χ3v) is 6.23. The van der Waals surface area contributed by atoms with Gasteiger partial charge in [-0.2, -0.15) is 0 Å². The van der Waals surface area contributed by atoms with E-state index < -0.39 is 12.1 Å². The number of aliphatic hydroxyl groups is 1. The fraction of sp³-hybridized carbons (Fsp3) is 0.250. The topological polar surface area (TPSA) is 88.1 Å². The molecule has 2 atom stereocenters. The molecule has 2 amide bonds. The Morgan fingerprint density at radius 2 is 1.97 bits per heavy atom. The van der Waals surface area contributed by atoms with E-state index >= 15 is 0 Å². The number of nitrogens with zero attached hydrogens (tertiary/aromatic N) is 1. The van der Waals surface area contributed by atoms with Gasteiger partial charge in [-0.15, -0.1) is 11.3 Å². The van der Waals surface area contributed by atoms with Crippen molar-refractivity contribution in [3.8, 4) is 5.75 Å². The number of thiophene rings is 1. The predicted molar refractivity (Wildman–Crippen MR) is 122 cm³/mol. The van der Waals surface area contributed by atoms with Gasteiger partial charge in [0.2, 0.25) is 5.91 Å². The number of carbonyl (C=O) groups excluding carboxylic acids is 2. The molecule has 1 aromatic heterocycles. The van der Waals surface area contributed by atoms with Gasteiger partial charge in [0, 0.05) is 12.2 Å². The minimum atomic E-state index is -0.931. The number of aliphatic hydroxyl groups excluding tert-OH is 1. The Bertz CT molecular complexity index is 1050. The standard InChI is InChI=1S/C24H24N2O5S/c1-30-19-10-4-16(5-11-19)13-26-20(14-31-15-22(26)27)23(28)17-6-8-18(9-7-17)25-24(29)21-3-2-12-32-21/h2-12,20,23,28H,13-15H2,1H3,(H,25,29). The van der Waals surface area contributed by atoms with Gasteiger partial charge in [0.05, 0.1) is 24.6 Å². The average Bonchev–Trinajstić information content (AvgIpc) is 3.36. The van der Waals surface area contributed by atoms with Gasteiger partial charge in [-0.1, -0.05) is 30.3 Å². The molecular weight excluding hydrogens is 428 g/mol.